The van der Waals surface area contributed by atoms with Crippen LogP contribution in [0.3, 0.4) is 0 Å². The Morgan fingerprint density at radius 1 is 1.07 bits per heavy atom. The standard InChI is InChI=1S/C21H23N3O5S/c1-21(2,3)29-19(25)16-11-9-15(10-12-16)13-30(26,27)20-23-22-14-24(20)17-7-5-6-8-18(17)28-4/h5-12,14H,13H2,1-4H3. The van der Waals surface area contributed by atoms with Crippen molar-refractivity contribution < 1.29 is 22.7 Å². The molecule has 8 nitrogen and oxygen atoms in total. The lowest BCUT2D eigenvalue weighted by atomic mass is 10.1. The maximum absolute atomic E-state index is 13.0. The number of carbonyl (C=O) groups excluding carboxylic acids is 1. The van der Waals surface area contributed by atoms with Crippen LogP contribution in [-0.2, 0) is 20.3 Å². The summed E-state index contributed by atoms with van der Waals surface area (Å²) in [5.74, 6) is -0.265. The van der Waals surface area contributed by atoms with Gasteiger partial charge in [-0.2, -0.15) is 0 Å². The van der Waals surface area contributed by atoms with E-state index < -0.39 is 21.4 Å². The van der Waals surface area contributed by atoms with Crippen molar-refractivity contribution in [1.82, 2.24) is 14.8 Å². The molecule has 0 spiro atoms. The first-order valence-corrected chi connectivity index (χ1v) is 10.8. The summed E-state index contributed by atoms with van der Waals surface area (Å²) < 4.78 is 38.0. The van der Waals surface area contributed by atoms with E-state index in [2.05, 4.69) is 10.2 Å². The van der Waals surface area contributed by atoms with Gasteiger partial charge in [0.2, 0.25) is 9.84 Å². The van der Waals surface area contributed by atoms with Crippen molar-refractivity contribution in [3.8, 4) is 11.4 Å². The van der Waals surface area contributed by atoms with Crippen LogP contribution in [0.4, 0.5) is 0 Å². The molecule has 0 unspecified atom stereocenters. The van der Waals surface area contributed by atoms with Crippen molar-refractivity contribution in [1.29, 1.82) is 0 Å². The van der Waals surface area contributed by atoms with Crippen molar-refractivity contribution in [3.63, 3.8) is 0 Å². The molecule has 0 amide bonds. The third-order valence-electron chi connectivity index (χ3n) is 4.08. The molecule has 1 heterocycles. The number of aromatic nitrogens is 3. The number of methoxy groups -OCH3 is 1. The van der Waals surface area contributed by atoms with E-state index in [-0.39, 0.29) is 10.9 Å². The van der Waals surface area contributed by atoms with Gasteiger partial charge in [0, 0.05) is 0 Å². The van der Waals surface area contributed by atoms with Gasteiger partial charge in [-0.3, -0.25) is 4.57 Å². The highest BCUT2D eigenvalue weighted by Crippen LogP contribution is 2.25. The van der Waals surface area contributed by atoms with Gasteiger partial charge in [0.25, 0.3) is 5.16 Å². The van der Waals surface area contributed by atoms with Gasteiger partial charge in [0.1, 0.15) is 17.7 Å². The van der Waals surface area contributed by atoms with Gasteiger partial charge in [-0.15, -0.1) is 10.2 Å². The second-order valence-corrected chi connectivity index (χ2v) is 9.50. The normalized spacial score (nSPS) is 11.9. The molecule has 0 radical (unpaired) electrons. The first-order chi connectivity index (χ1) is 14.1. The van der Waals surface area contributed by atoms with Crippen molar-refractivity contribution in [2.45, 2.75) is 37.3 Å². The van der Waals surface area contributed by atoms with E-state index in [0.29, 0.717) is 22.6 Å². The summed E-state index contributed by atoms with van der Waals surface area (Å²) in [7, 11) is -2.31. The fraction of sp³-hybridized carbons (Fsp3) is 0.286. The Labute approximate surface area is 175 Å². The number of sulfone groups is 1. The van der Waals surface area contributed by atoms with E-state index in [9.17, 15) is 13.2 Å². The highest BCUT2D eigenvalue weighted by molar-refractivity contribution is 7.90. The minimum absolute atomic E-state index is 0.191. The minimum atomic E-state index is -3.82. The zero-order valence-electron chi connectivity index (χ0n) is 17.2. The second-order valence-electron chi connectivity index (χ2n) is 7.61. The molecule has 0 fully saturated rings. The summed E-state index contributed by atoms with van der Waals surface area (Å²) in [5.41, 5.74) is 0.769. The van der Waals surface area contributed by atoms with Gasteiger partial charge < -0.3 is 9.47 Å². The highest BCUT2D eigenvalue weighted by atomic mass is 32.2. The molecule has 0 atom stereocenters. The van der Waals surface area contributed by atoms with Crippen LogP contribution in [0.1, 0.15) is 36.7 Å². The Hall–Kier alpha value is -3.20. The Balaban J connectivity index is 1.85. The third kappa shape index (κ3) is 4.85. The molecule has 9 heteroatoms. The molecule has 158 valence electrons. The summed E-state index contributed by atoms with van der Waals surface area (Å²) in [6, 6.07) is 13.3. The van der Waals surface area contributed by atoms with E-state index in [1.165, 1.54) is 18.0 Å². The number of nitrogens with zero attached hydrogens (tertiary/aromatic N) is 3. The largest absolute Gasteiger partial charge is 0.495 e. The van der Waals surface area contributed by atoms with Crippen LogP contribution in [-0.4, -0.2) is 41.9 Å². The molecule has 0 aliphatic heterocycles. The summed E-state index contributed by atoms with van der Waals surface area (Å²) in [5, 5.41) is 7.40. The van der Waals surface area contributed by atoms with Gasteiger partial charge in [-0.25, -0.2) is 13.2 Å². The summed E-state index contributed by atoms with van der Waals surface area (Å²) in [6.45, 7) is 5.34. The van der Waals surface area contributed by atoms with Crippen molar-refractivity contribution in [2.24, 2.45) is 0 Å². The molecule has 2 aromatic carbocycles. The lowest BCUT2D eigenvalue weighted by molar-refractivity contribution is 0.00695. The van der Waals surface area contributed by atoms with Gasteiger partial charge >= 0.3 is 5.97 Å². The predicted molar refractivity (Wildman–Crippen MR) is 110 cm³/mol. The van der Waals surface area contributed by atoms with Crippen LogP contribution in [0.15, 0.2) is 60.0 Å². The van der Waals surface area contributed by atoms with E-state index in [4.69, 9.17) is 9.47 Å². The van der Waals surface area contributed by atoms with Gasteiger partial charge in [0.15, 0.2) is 0 Å². The summed E-state index contributed by atoms with van der Waals surface area (Å²) in [4.78, 5) is 12.1. The molecule has 3 rings (SSSR count). The van der Waals surface area contributed by atoms with E-state index in [1.807, 2.05) is 0 Å². The van der Waals surface area contributed by atoms with Crippen LogP contribution in [0.25, 0.3) is 5.69 Å². The topological polar surface area (TPSA) is 100 Å². The fourth-order valence-electron chi connectivity index (χ4n) is 2.79. The van der Waals surface area contributed by atoms with Crippen LogP contribution < -0.4 is 4.74 Å². The molecule has 0 saturated carbocycles. The average molecular weight is 429 g/mol. The minimum Gasteiger partial charge on any atom is -0.495 e. The maximum Gasteiger partial charge on any atom is 0.338 e. The molecule has 0 N–H and O–H groups in total. The molecule has 0 bridgehead atoms. The van der Waals surface area contributed by atoms with Crippen LogP contribution in [0.2, 0.25) is 0 Å². The first-order valence-electron chi connectivity index (χ1n) is 9.19. The van der Waals surface area contributed by atoms with Gasteiger partial charge in [-0.1, -0.05) is 24.3 Å². The average Bonchev–Trinajstić information content (AvgIpc) is 3.17. The molecule has 1 aromatic heterocycles. The number of ether oxygens (including phenoxy) is 2. The van der Waals surface area contributed by atoms with Gasteiger partial charge in [-0.05, 0) is 50.6 Å². The lowest BCUT2D eigenvalue weighted by Gasteiger charge is -2.19. The molecule has 0 aliphatic carbocycles. The predicted octanol–water partition coefficient (Wildman–Crippen LogP) is 3.21. The Morgan fingerprint density at radius 2 is 1.73 bits per heavy atom. The molecule has 0 aliphatic rings. The number of benzene rings is 2. The van der Waals surface area contributed by atoms with Crippen LogP contribution >= 0.6 is 0 Å². The Morgan fingerprint density at radius 3 is 2.37 bits per heavy atom. The summed E-state index contributed by atoms with van der Waals surface area (Å²) >= 11 is 0. The number of rotatable bonds is 6. The monoisotopic (exact) mass is 429 g/mol. The van der Waals surface area contributed by atoms with E-state index >= 15 is 0 Å². The molecule has 3 aromatic rings. The molecular weight excluding hydrogens is 406 g/mol. The third-order valence-corrected chi connectivity index (χ3v) is 5.63. The lowest BCUT2D eigenvalue weighted by Crippen LogP contribution is -2.23. The number of hydrogen-bond donors (Lipinski definition) is 0. The number of para-hydroxylation sites is 2. The zero-order chi connectivity index (χ0) is 21.9. The Bertz CT molecular complexity index is 1150. The Kier molecular flexibility index (Phi) is 5.93. The first kappa shape index (κ1) is 21.5. The smallest absolute Gasteiger partial charge is 0.338 e. The number of carbonyl (C=O) groups is 1. The molecular formula is C21H23N3O5S. The summed E-state index contributed by atoms with van der Waals surface area (Å²) in [6.07, 6.45) is 1.33. The van der Waals surface area contributed by atoms with E-state index in [1.54, 1.807) is 69.3 Å². The highest BCUT2D eigenvalue weighted by Gasteiger charge is 2.25. The second kappa shape index (κ2) is 8.27. The SMILES string of the molecule is COc1ccccc1-n1cnnc1S(=O)(=O)Cc1ccc(C(=O)OC(C)(C)C)cc1. The molecule has 30 heavy (non-hydrogen) atoms. The fourth-order valence-corrected chi connectivity index (χ4v) is 4.17. The maximum atomic E-state index is 13.0. The van der Waals surface area contributed by atoms with Crippen LogP contribution in [0, 0.1) is 0 Å². The quantitative estimate of drug-likeness (QED) is 0.555. The van der Waals surface area contributed by atoms with E-state index in [0.717, 1.165) is 0 Å². The van der Waals surface area contributed by atoms with Crippen molar-refractivity contribution >= 4 is 15.8 Å². The van der Waals surface area contributed by atoms with Crippen molar-refractivity contribution in [3.05, 3.63) is 66.0 Å². The van der Waals surface area contributed by atoms with Gasteiger partial charge in [0.05, 0.1) is 24.1 Å². The number of esters is 1. The number of hydrogen-bond acceptors (Lipinski definition) is 7. The van der Waals surface area contributed by atoms with Crippen molar-refractivity contribution in [2.75, 3.05) is 7.11 Å². The van der Waals surface area contributed by atoms with Crippen LogP contribution in [0.5, 0.6) is 5.75 Å². The zero-order valence-corrected chi connectivity index (χ0v) is 18.0. The molecule has 0 saturated heterocycles.